The number of carbonyl (C=O) groups excluding carboxylic acids is 1. The monoisotopic (exact) mass is 401 g/mol. The summed E-state index contributed by atoms with van der Waals surface area (Å²) in [7, 11) is 0. The minimum absolute atomic E-state index is 0. The number of likely N-dealkylation sites (tertiary alicyclic amines) is 1. The molecule has 1 aliphatic heterocycles. The van der Waals surface area contributed by atoms with Crippen LogP contribution in [0.25, 0.3) is 0 Å². The van der Waals surface area contributed by atoms with Gasteiger partial charge < -0.3 is 10.6 Å². The van der Waals surface area contributed by atoms with E-state index in [0.29, 0.717) is 12.5 Å². The average molecular weight is 402 g/mol. The highest BCUT2D eigenvalue weighted by Crippen LogP contribution is 2.26. The molecule has 1 fully saturated rings. The molecule has 3 rings (SSSR count). The molecule has 0 bridgehead atoms. The van der Waals surface area contributed by atoms with Crippen LogP contribution in [0.15, 0.2) is 36.5 Å². The lowest BCUT2D eigenvalue weighted by atomic mass is 9.92. The molecule has 1 amide bonds. The summed E-state index contributed by atoms with van der Waals surface area (Å²) in [6.07, 6.45) is 4.54. The molecule has 0 aliphatic carbocycles. The van der Waals surface area contributed by atoms with Crippen molar-refractivity contribution in [3.05, 3.63) is 52.0 Å². The molecule has 1 aromatic heterocycles. The van der Waals surface area contributed by atoms with E-state index in [1.54, 1.807) is 6.20 Å². The van der Waals surface area contributed by atoms with Crippen molar-refractivity contribution in [2.24, 2.45) is 11.7 Å². The smallest absolute Gasteiger partial charge is 0.265 e. The maximum absolute atomic E-state index is 12.8. The molecule has 1 aromatic carbocycles. The number of amides is 1. The van der Waals surface area contributed by atoms with Gasteiger partial charge in [0.05, 0.1) is 11.2 Å². The standard InChI is InChI=1S/C18H23N3OS.2ClH/c1-13-7-8-21(15(9-13)11-19)18(22)16-12-20-17(23-16)10-14-5-3-2-4-6-14;;/h2-6,12-13,15H,7-11,19H2,1H3;2*1H. The van der Waals surface area contributed by atoms with Crippen molar-refractivity contribution in [2.75, 3.05) is 13.1 Å². The number of nitrogens with two attached hydrogens (primary N) is 1. The van der Waals surface area contributed by atoms with Crippen LogP contribution in [0, 0.1) is 5.92 Å². The van der Waals surface area contributed by atoms with E-state index in [9.17, 15) is 4.79 Å². The Balaban J connectivity index is 0.00000156. The van der Waals surface area contributed by atoms with Gasteiger partial charge in [-0.1, -0.05) is 37.3 Å². The molecule has 4 nitrogen and oxygen atoms in total. The lowest BCUT2D eigenvalue weighted by Gasteiger charge is -2.37. The predicted molar refractivity (Wildman–Crippen MR) is 108 cm³/mol. The second kappa shape index (κ2) is 10.1. The van der Waals surface area contributed by atoms with Gasteiger partial charge in [-0.05, 0) is 24.3 Å². The van der Waals surface area contributed by atoms with E-state index in [1.807, 2.05) is 23.1 Å². The summed E-state index contributed by atoms with van der Waals surface area (Å²) in [5, 5.41) is 0.981. The van der Waals surface area contributed by atoms with Gasteiger partial charge in [0.15, 0.2) is 0 Å². The summed E-state index contributed by atoms with van der Waals surface area (Å²) in [5.41, 5.74) is 7.09. The highest BCUT2D eigenvalue weighted by atomic mass is 35.5. The van der Waals surface area contributed by atoms with E-state index in [0.717, 1.165) is 35.7 Å². The third kappa shape index (κ3) is 5.42. The Morgan fingerprint density at radius 2 is 2.04 bits per heavy atom. The van der Waals surface area contributed by atoms with Crippen LogP contribution in [-0.4, -0.2) is 34.9 Å². The third-order valence-corrected chi connectivity index (χ3v) is 5.46. The van der Waals surface area contributed by atoms with Crippen LogP contribution >= 0.6 is 36.2 Å². The minimum Gasteiger partial charge on any atom is -0.334 e. The van der Waals surface area contributed by atoms with Crippen molar-refractivity contribution in [3.8, 4) is 0 Å². The van der Waals surface area contributed by atoms with Gasteiger partial charge >= 0.3 is 0 Å². The molecule has 2 aromatic rings. The first-order chi connectivity index (χ1) is 11.2. The van der Waals surface area contributed by atoms with Gasteiger partial charge in [0.25, 0.3) is 5.91 Å². The third-order valence-electron chi connectivity index (χ3n) is 4.47. The van der Waals surface area contributed by atoms with Crippen molar-refractivity contribution in [1.29, 1.82) is 0 Å². The SMILES string of the molecule is CC1CCN(C(=O)c2cnc(Cc3ccccc3)s2)C(CN)C1.Cl.Cl. The minimum atomic E-state index is 0. The number of rotatable bonds is 4. The number of nitrogens with zero attached hydrogens (tertiary/aromatic N) is 2. The normalized spacial score (nSPS) is 19.7. The summed E-state index contributed by atoms with van der Waals surface area (Å²) >= 11 is 1.50. The fourth-order valence-corrected chi connectivity index (χ4v) is 4.05. The van der Waals surface area contributed by atoms with Crippen LogP contribution in [0.5, 0.6) is 0 Å². The molecule has 2 heterocycles. The van der Waals surface area contributed by atoms with Crippen molar-refractivity contribution < 1.29 is 4.79 Å². The average Bonchev–Trinajstić information content (AvgIpc) is 3.03. The van der Waals surface area contributed by atoms with Gasteiger partial charge in [-0.25, -0.2) is 4.98 Å². The number of piperidine rings is 1. The Morgan fingerprint density at radius 1 is 1.32 bits per heavy atom. The molecule has 25 heavy (non-hydrogen) atoms. The highest BCUT2D eigenvalue weighted by Gasteiger charge is 2.30. The Kier molecular flexibility index (Phi) is 8.86. The second-order valence-electron chi connectivity index (χ2n) is 6.30. The van der Waals surface area contributed by atoms with Gasteiger partial charge in [-0.3, -0.25) is 4.79 Å². The van der Waals surface area contributed by atoms with Gasteiger partial charge in [0.1, 0.15) is 4.88 Å². The van der Waals surface area contributed by atoms with Crippen molar-refractivity contribution >= 4 is 42.1 Å². The number of hydrogen-bond acceptors (Lipinski definition) is 4. The van der Waals surface area contributed by atoms with Gasteiger partial charge in [-0.2, -0.15) is 0 Å². The molecular weight excluding hydrogens is 377 g/mol. The number of benzene rings is 1. The van der Waals surface area contributed by atoms with Gasteiger partial charge in [-0.15, -0.1) is 36.2 Å². The zero-order chi connectivity index (χ0) is 16.2. The first-order valence-corrected chi connectivity index (χ1v) is 8.98. The molecule has 1 aliphatic rings. The lowest BCUT2D eigenvalue weighted by Crippen LogP contribution is -2.49. The maximum Gasteiger partial charge on any atom is 0.265 e. The maximum atomic E-state index is 12.8. The van der Waals surface area contributed by atoms with Crippen LogP contribution in [0.3, 0.4) is 0 Å². The number of thiazole rings is 1. The molecule has 2 unspecified atom stereocenters. The quantitative estimate of drug-likeness (QED) is 0.847. The molecule has 0 saturated carbocycles. The molecular formula is C18H25Cl2N3OS. The Hall–Kier alpha value is -1.14. The molecule has 0 radical (unpaired) electrons. The summed E-state index contributed by atoms with van der Waals surface area (Å²) < 4.78 is 0. The number of halogens is 2. The fraction of sp³-hybridized carbons (Fsp3) is 0.444. The van der Waals surface area contributed by atoms with Crippen molar-refractivity contribution in [2.45, 2.75) is 32.2 Å². The Labute approximate surface area is 165 Å². The molecule has 1 saturated heterocycles. The lowest BCUT2D eigenvalue weighted by molar-refractivity contribution is 0.0578. The highest BCUT2D eigenvalue weighted by molar-refractivity contribution is 7.13. The molecule has 7 heteroatoms. The Morgan fingerprint density at radius 3 is 2.72 bits per heavy atom. The van der Waals surface area contributed by atoms with Gasteiger partial charge in [0.2, 0.25) is 0 Å². The number of hydrogen-bond donors (Lipinski definition) is 1. The van der Waals surface area contributed by atoms with E-state index in [1.165, 1.54) is 16.9 Å². The zero-order valence-electron chi connectivity index (χ0n) is 14.3. The van der Waals surface area contributed by atoms with Crippen LogP contribution in [0.1, 0.15) is 40.0 Å². The molecule has 0 spiro atoms. The molecule has 138 valence electrons. The summed E-state index contributed by atoms with van der Waals surface area (Å²) in [5.74, 6) is 0.729. The van der Waals surface area contributed by atoms with E-state index in [2.05, 4.69) is 24.0 Å². The first kappa shape index (κ1) is 21.9. The number of carbonyl (C=O) groups is 1. The predicted octanol–water partition coefficient (Wildman–Crippen LogP) is 3.78. The van der Waals surface area contributed by atoms with Crippen LogP contribution in [-0.2, 0) is 6.42 Å². The van der Waals surface area contributed by atoms with Gasteiger partial charge in [0, 0.05) is 25.6 Å². The molecule has 2 atom stereocenters. The fourth-order valence-electron chi connectivity index (χ4n) is 3.15. The van der Waals surface area contributed by atoms with Crippen molar-refractivity contribution in [1.82, 2.24) is 9.88 Å². The first-order valence-electron chi connectivity index (χ1n) is 8.17. The van der Waals surface area contributed by atoms with Crippen LogP contribution in [0.2, 0.25) is 0 Å². The largest absolute Gasteiger partial charge is 0.334 e. The molecule has 2 N–H and O–H groups in total. The van der Waals surface area contributed by atoms with E-state index < -0.39 is 0 Å². The van der Waals surface area contributed by atoms with Crippen LogP contribution < -0.4 is 5.73 Å². The second-order valence-corrected chi connectivity index (χ2v) is 7.41. The number of aromatic nitrogens is 1. The van der Waals surface area contributed by atoms with E-state index in [-0.39, 0.29) is 36.8 Å². The topological polar surface area (TPSA) is 59.2 Å². The van der Waals surface area contributed by atoms with Crippen molar-refractivity contribution in [3.63, 3.8) is 0 Å². The Bertz CT molecular complexity index is 665. The summed E-state index contributed by atoms with van der Waals surface area (Å²) in [6.45, 7) is 3.56. The van der Waals surface area contributed by atoms with E-state index >= 15 is 0 Å². The summed E-state index contributed by atoms with van der Waals surface area (Å²) in [4.78, 5) is 19.9. The van der Waals surface area contributed by atoms with Crippen LogP contribution in [0.4, 0.5) is 0 Å². The van der Waals surface area contributed by atoms with E-state index in [4.69, 9.17) is 5.73 Å². The zero-order valence-corrected chi connectivity index (χ0v) is 16.7. The summed E-state index contributed by atoms with van der Waals surface area (Å²) in [6, 6.07) is 10.4.